The molecule has 0 aromatic heterocycles. The summed E-state index contributed by atoms with van der Waals surface area (Å²) in [7, 11) is -2.13. The van der Waals surface area contributed by atoms with Crippen LogP contribution in [0.15, 0.2) is 24.3 Å². The Bertz CT molecular complexity index is 506. The SMILES string of the molecule is COC(=O)C(CS(C)(=O)=O)c1cccc(O)c1. The summed E-state index contributed by atoms with van der Waals surface area (Å²) in [4.78, 5) is 11.5. The van der Waals surface area contributed by atoms with Crippen molar-refractivity contribution in [1.82, 2.24) is 0 Å². The summed E-state index contributed by atoms with van der Waals surface area (Å²) in [6.45, 7) is 0. The molecule has 1 aromatic carbocycles. The van der Waals surface area contributed by atoms with Gasteiger partial charge in [0.15, 0.2) is 0 Å². The van der Waals surface area contributed by atoms with Gasteiger partial charge in [-0.25, -0.2) is 8.42 Å². The van der Waals surface area contributed by atoms with Crippen LogP contribution in [0.5, 0.6) is 5.75 Å². The molecule has 0 saturated heterocycles. The van der Waals surface area contributed by atoms with Crippen LogP contribution in [-0.2, 0) is 19.4 Å². The zero-order chi connectivity index (χ0) is 13.1. The molecule has 0 heterocycles. The number of phenolic OH excluding ortho intramolecular Hbond substituents is 1. The summed E-state index contributed by atoms with van der Waals surface area (Å²) in [6.07, 6.45) is 1.05. The van der Waals surface area contributed by atoms with Gasteiger partial charge in [0, 0.05) is 6.26 Å². The fraction of sp³-hybridized carbons (Fsp3) is 0.364. The predicted molar refractivity (Wildman–Crippen MR) is 62.6 cm³/mol. The molecular weight excluding hydrogens is 244 g/mol. The van der Waals surface area contributed by atoms with Crippen LogP contribution in [0, 0.1) is 0 Å². The Morgan fingerprint density at radius 2 is 2.12 bits per heavy atom. The Hall–Kier alpha value is -1.56. The molecule has 0 spiro atoms. The summed E-state index contributed by atoms with van der Waals surface area (Å²) in [5.74, 6) is -1.92. The number of phenols is 1. The van der Waals surface area contributed by atoms with Gasteiger partial charge < -0.3 is 9.84 Å². The Labute approximate surface area is 100.0 Å². The molecule has 1 N–H and O–H groups in total. The van der Waals surface area contributed by atoms with E-state index in [9.17, 15) is 18.3 Å². The quantitative estimate of drug-likeness (QED) is 0.804. The van der Waals surface area contributed by atoms with Crippen molar-refractivity contribution in [2.75, 3.05) is 19.1 Å². The maximum atomic E-state index is 11.5. The lowest BCUT2D eigenvalue weighted by molar-refractivity contribution is -0.141. The van der Waals surface area contributed by atoms with Crippen LogP contribution in [0.2, 0.25) is 0 Å². The van der Waals surface area contributed by atoms with E-state index in [0.717, 1.165) is 6.26 Å². The number of methoxy groups -OCH3 is 1. The molecular formula is C11H14O5S. The molecule has 0 amide bonds. The van der Waals surface area contributed by atoms with Crippen LogP contribution in [-0.4, -0.2) is 38.6 Å². The first-order valence-corrected chi connectivity index (χ1v) is 6.94. The molecule has 0 radical (unpaired) electrons. The Balaban J connectivity index is 3.11. The smallest absolute Gasteiger partial charge is 0.314 e. The second-order valence-electron chi connectivity index (χ2n) is 3.76. The van der Waals surface area contributed by atoms with E-state index < -0.39 is 21.7 Å². The van der Waals surface area contributed by atoms with Crippen LogP contribution in [0.4, 0.5) is 0 Å². The number of esters is 1. The number of sulfone groups is 1. The van der Waals surface area contributed by atoms with Crippen molar-refractivity contribution in [3.8, 4) is 5.75 Å². The number of hydrogen-bond acceptors (Lipinski definition) is 5. The number of hydrogen-bond donors (Lipinski definition) is 1. The molecule has 1 rings (SSSR count). The first-order valence-electron chi connectivity index (χ1n) is 4.88. The average Bonchev–Trinajstić information content (AvgIpc) is 2.23. The molecule has 94 valence electrons. The molecule has 1 atom stereocenters. The van der Waals surface area contributed by atoms with Crippen molar-refractivity contribution in [3.63, 3.8) is 0 Å². The Morgan fingerprint density at radius 3 is 2.59 bits per heavy atom. The number of rotatable bonds is 4. The number of aromatic hydroxyl groups is 1. The highest BCUT2D eigenvalue weighted by molar-refractivity contribution is 7.90. The maximum absolute atomic E-state index is 11.5. The first kappa shape index (κ1) is 13.5. The highest BCUT2D eigenvalue weighted by Gasteiger charge is 2.26. The van der Waals surface area contributed by atoms with Gasteiger partial charge in [0.2, 0.25) is 0 Å². The lowest BCUT2D eigenvalue weighted by Crippen LogP contribution is -2.22. The van der Waals surface area contributed by atoms with Gasteiger partial charge in [0.1, 0.15) is 15.6 Å². The normalized spacial score (nSPS) is 13.1. The van der Waals surface area contributed by atoms with E-state index in [-0.39, 0.29) is 11.5 Å². The second-order valence-corrected chi connectivity index (χ2v) is 5.95. The average molecular weight is 258 g/mol. The van der Waals surface area contributed by atoms with Crippen molar-refractivity contribution < 1.29 is 23.1 Å². The molecule has 0 aliphatic carbocycles. The van der Waals surface area contributed by atoms with Crippen LogP contribution >= 0.6 is 0 Å². The van der Waals surface area contributed by atoms with E-state index in [1.54, 1.807) is 12.1 Å². The Kier molecular flexibility index (Phi) is 4.11. The molecule has 6 heteroatoms. The largest absolute Gasteiger partial charge is 0.508 e. The minimum Gasteiger partial charge on any atom is -0.508 e. The van der Waals surface area contributed by atoms with Gasteiger partial charge in [-0.15, -0.1) is 0 Å². The van der Waals surface area contributed by atoms with Gasteiger partial charge in [-0.1, -0.05) is 12.1 Å². The summed E-state index contributed by atoms with van der Waals surface area (Å²) < 4.78 is 27.1. The second kappa shape index (κ2) is 5.18. The van der Waals surface area contributed by atoms with Gasteiger partial charge in [0.05, 0.1) is 18.8 Å². The molecule has 0 fully saturated rings. The molecule has 1 aromatic rings. The van der Waals surface area contributed by atoms with Crippen molar-refractivity contribution in [3.05, 3.63) is 29.8 Å². The lowest BCUT2D eigenvalue weighted by Gasteiger charge is -2.14. The molecule has 1 unspecified atom stereocenters. The summed E-state index contributed by atoms with van der Waals surface area (Å²) in [5.41, 5.74) is 0.419. The van der Waals surface area contributed by atoms with Gasteiger partial charge in [-0.2, -0.15) is 0 Å². The molecule has 0 bridgehead atoms. The third-order valence-electron chi connectivity index (χ3n) is 2.23. The van der Waals surface area contributed by atoms with Crippen molar-refractivity contribution in [1.29, 1.82) is 0 Å². The zero-order valence-corrected chi connectivity index (χ0v) is 10.4. The molecule has 5 nitrogen and oxygen atoms in total. The zero-order valence-electron chi connectivity index (χ0n) is 9.58. The van der Waals surface area contributed by atoms with Crippen LogP contribution in [0.25, 0.3) is 0 Å². The van der Waals surface area contributed by atoms with Gasteiger partial charge in [0.25, 0.3) is 0 Å². The van der Waals surface area contributed by atoms with Crippen molar-refractivity contribution in [2.45, 2.75) is 5.92 Å². The van der Waals surface area contributed by atoms with Gasteiger partial charge >= 0.3 is 5.97 Å². The number of ether oxygens (including phenoxy) is 1. The predicted octanol–water partition coefficient (Wildman–Crippen LogP) is 0.693. The first-order chi connectivity index (χ1) is 7.83. The van der Waals surface area contributed by atoms with E-state index >= 15 is 0 Å². The third kappa shape index (κ3) is 4.07. The minimum absolute atomic E-state index is 0.0232. The lowest BCUT2D eigenvalue weighted by atomic mass is 10.0. The minimum atomic E-state index is -3.32. The highest BCUT2D eigenvalue weighted by Crippen LogP contribution is 2.22. The van der Waals surface area contributed by atoms with Crippen LogP contribution in [0.3, 0.4) is 0 Å². The number of carbonyl (C=O) groups excluding carboxylic acids is 1. The summed E-state index contributed by atoms with van der Waals surface area (Å²) in [6, 6.07) is 5.92. The van der Waals surface area contributed by atoms with E-state index in [1.807, 2.05) is 0 Å². The topological polar surface area (TPSA) is 80.7 Å². The van der Waals surface area contributed by atoms with Crippen molar-refractivity contribution >= 4 is 15.8 Å². The molecule has 0 aliphatic rings. The number of benzene rings is 1. The van der Waals surface area contributed by atoms with E-state index in [2.05, 4.69) is 4.74 Å². The third-order valence-corrected chi connectivity index (χ3v) is 3.17. The van der Waals surface area contributed by atoms with Crippen molar-refractivity contribution in [2.24, 2.45) is 0 Å². The fourth-order valence-electron chi connectivity index (χ4n) is 1.49. The molecule has 0 saturated carbocycles. The van der Waals surface area contributed by atoms with Crippen LogP contribution in [0.1, 0.15) is 11.5 Å². The highest BCUT2D eigenvalue weighted by atomic mass is 32.2. The number of carbonyl (C=O) groups is 1. The van der Waals surface area contributed by atoms with E-state index in [0.29, 0.717) is 5.56 Å². The van der Waals surface area contributed by atoms with Crippen LogP contribution < -0.4 is 0 Å². The van der Waals surface area contributed by atoms with Gasteiger partial charge in [-0.05, 0) is 17.7 Å². The summed E-state index contributed by atoms with van der Waals surface area (Å²) in [5, 5.41) is 9.31. The molecule has 0 aliphatic heterocycles. The van der Waals surface area contributed by atoms with Gasteiger partial charge in [-0.3, -0.25) is 4.79 Å². The Morgan fingerprint density at radius 1 is 1.47 bits per heavy atom. The fourth-order valence-corrected chi connectivity index (χ4v) is 2.42. The molecule has 17 heavy (non-hydrogen) atoms. The maximum Gasteiger partial charge on any atom is 0.314 e. The monoisotopic (exact) mass is 258 g/mol. The summed E-state index contributed by atoms with van der Waals surface area (Å²) >= 11 is 0. The van der Waals surface area contributed by atoms with E-state index in [1.165, 1.54) is 19.2 Å². The standard InChI is InChI=1S/C11H14O5S/c1-16-11(13)10(7-17(2,14)15)8-4-3-5-9(12)6-8/h3-6,10,12H,7H2,1-2H3. The van der Waals surface area contributed by atoms with E-state index in [4.69, 9.17) is 0 Å².